The lowest BCUT2D eigenvalue weighted by molar-refractivity contribution is -0.139. The molecule has 0 radical (unpaired) electrons. The van der Waals surface area contributed by atoms with E-state index in [2.05, 4.69) is 159 Å². The van der Waals surface area contributed by atoms with Crippen LogP contribution in [0.5, 0.6) is 5.75 Å². The largest absolute Gasteiger partial charge is 0.494 e. The average Bonchev–Trinajstić information content (AvgIpc) is 3.68. The Morgan fingerprint density at radius 2 is 0.778 bits per heavy atom. The summed E-state index contributed by atoms with van der Waals surface area (Å²) in [5.41, 5.74) is 17.2. The highest BCUT2D eigenvalue weighted by Gasteiger charge is 2.42. The van der Waals surface area contributed by atoms with Crippen molar-refractivity contribution in [1.29, 1.82) is 0 Å². The molecule has 0 unspecified atom stereocenters. The topological polar surface area (TPSA) is 61.8 Å². The van der Waals surface area contributed by atoms with Crippen molar-refractivity contribution in [3.05, 3.63) is 162 Å². The first-order valence-corrected chi connectivity index (χ1v) is 27.5. The number of carbonyl (C=O) groups excluding carboxylic acids is 2. The fourth-order valence-electron chi connectivity index (χ4n) is 10.7. The lowest BCUT2D eigenvalue weighted by Crippen LogP contribution is -2.25. The summed E-state index contributed by atoms with van der Waals surface area (Å²) in [7, 11) is 1.27. The summed E-state index contributed by atoms with van der Waals surface area (Å²) in [5, 5.41) is 0. The Labute approximate surface area is 432 Å². The van der Waals surface area contributed by atoms with Crippen molar-refractivity contribution < 1.29 is 23.8 Å². The predicted molar refractivity (Wildman–Crippen MR) is 300 cm³/mol. The van der Waals surface area contributed by atoms with Crippen LogP contribution in [0.25, 0.3) is 55.6 Å². The molecule has 6 aromatic rings. The van der Waals surface area contributed by atoms with Gasteiger partial charge >= 0.3 is 11.9 Å². The molecule has 378 valence electrons. The van der Waals surface area contributed by atoms with Gasteiger partial charge in [-0.3, -0.25) is 0 Å². The lowest BCUT2D eigenvalue weighted by Gasteiger charge is -2.33. The van der Waals surface area contributed by atoms with E-state index in [0.717, 1.165) is 56.4 Å². The number of carbonyl (C=O) groups is 2. The smallest absolute Gasteiger partial charge is 0.331 e. The van der Waals surface area contributed by atoms with Crippen LogP contribution in [0, 0.1) is 6.92 Å². The van der Waals surface area contributed by atoms with Gasteiger partial charge in [0.25, 0.3) is 0 Å². The Morgan fingerprint density at radius 3 is 1.24 bits per heavy atom. The van der Waals surface area contributed by atoms with E-state index >= 15 is 0 Å². The molecule has 0 fully saturated rings. The molecule has 0 heterocycles. The first-order chi connectivity index (χ1) is 35.3. The van der Waals surface area contributed by atoms with Crippen LogP contribution in [0.4, 0.5) is 0 Å². The summed E-state index contributed by atoms with van der Waals surface area (Å²) >= 11 is 0. The van der Waals surface area contributed by atoms with E-state index in [4.69, 9.17) is 9.47 Å². The molecule has 72 heavy (non-hydrogen) atoms. The number of rotatable bonds is 30. The second kappa shape index (κ2) is 28.1. The third kappa shape index (κ3) is 14.9. The minimum atomic E-state index is -0.572. The number of benzene rings is 6. The number of unbranched alkanes of at least 4 members (excludes halogenated alkanes) is 15. The van der Waals surface area contributed by atoms with Crippen LogP contribution in [0.3, 0.4) is 0 Å². The van der Waals surface area contributed by atoms with Crippen LogP contribution in [-0.2, 0) is 24.5 Å². The molecule has 5 heteroatoms. The van der Waals surface area contributed by atoms with Crippen molar-refractivity contribution in [2.75, 3.05) is 20.3 Å². The zero-order chi connectivity index (χ0) is 50.4. The Morgan fingerprint density at radius 1 is 0.417 bits per heavy atom. The van der Waals surface area contributed by atoms with Gasteiger partial charge in [-0.2, -0.15) is 0 Å². The monoisotopic (exact) mass is 965 g/mol. The predicted octanol–water partition coefficient (Wildman–Crippen LogP) is 18.4. The summed E-state index contributed by atoms with van der Waals surface area (Å²) < 4.78 is 15.7. The van der Waals surface area contributed by atoms with E-state index in [9.17, 15) is 9.59 Å². The standard InChI is InChI=1S/C67H80O5/c1-5-7-9-11-15-19-45-67(46-20-16-12-10-8-6-2)63-49-58(56-31-27-53(28-32-56)52-25-23-51(3)24-26-52)37-41-61(63)62-42-38-59(50-64(62)67)57-33-29-54(30-34-57)55-35-39-60(40-36-55)71-47-21-17-13-14-18-22-48-72-66(69)44-43-65(68)70-4/h23-44,49-50H,5-22,45-48H2,1-4H3/b44-43+. The number of aryl methyl sites for hydroxylation is 1. The van der Waals surface area contributed by atoms with Gasteiger partial charge in [0.1, 0.15) is 5.75 Å². The maximum atomic E-state index is 11.6. The fourth-order valence-corrected chi connectivity index (χ4v) is 10.7. The number of fused-ring (bicyclic) bond motifs is 3. The van der Waals surface area contributed by atoms with Crippen LogP contribution in [-0.4, -0.2) is 32.3 Å². The zero-order valence-electron chi connectivity index (χ0n) is 44.0. The molecule has 6 aromatic carbocycles. The van der Waals surface area contributed by atoms with E-state index in [-0.39, 0.29) is 5.41 Å². The minimum absolute atomic E-state index is 0.0225. The molecule has 1 aliphatic rings. The van der Waals surface area contributed by atoms with Crippen LogP contribution >= 0.6 is 0 Å². The molecule has 0 atom stereocenters. The third-order valence-corrected chi connectivity index (χ3v) is 14.9. The molecule has 5 nitrogen and oxygen atoms in total. The van der Waals surface area contributed by atoms with Crippen molar-refractivity contribution in [2.45, 2.75) is 155 Å². The summed E-state index contributed by atoms with van der Waals surface area (Å²) in [6, 6.07) is 50.6. The van der Waals surface area contributed by atoms with Gasteiger partial charge in [-0.25, -0.2) is 9.59 Å². The van der Waals surface area contributed by atoms with Crippen LogP contribution in [0.15, 0.2) is 146 Å². The summed E-state index contributed by atoms with van der Waals surface area (Å²) in [6.07, 6.45) is 26.3. The number of hydrogen-bond donors (Lipinski definition) is 0. The second-order valence-electron chi connectivity index (χ2n) is 20.2. The summed E-state index contributed by atoms with van der Waals surface area (Å²) in [5.74, 6) is -0.199. The lowest BCUT2D eigenvalue weighted by atomic mass is 9.70. The molecule has 0 N–H and O–H groups in total. The molecule has 0 aromatic heterocycles. The van der Waals surface area contributed by atoms with Crippen molar-refractivity contribution in [1.82, 2.24) is 0 Å². The van der Waals surface area contributed by atoms with Gasteiger partial charge in [-0.15, -0.1) is 0 Å². The van der Waals surface area contributed by atoms with E-state index in [0.29, 0.717) is 13.2 Å². The van der Waals surface area contributed by atoms with Crippen LogP contribution in [0.2, 0.25) is 0 Å². The van der Waals surface area contributed by atoms with Crippen molar-refractivity contribution in [2.24, 2.45) is 0 Å². The van der Waals surface area contributed by atoms with Gasteiger partial charge in [0.15, 0.2) is 0 Å². The fraction of sp³-hybridized carbons (Fsp3) is 0.403. The van der Waals surface area contributed by atoms with Crippen molar-refractivity contribution in [3.8, 4) is 61.4 Å². The second-order valence-corrected chi connectivity index (χ2v) is 20.2. The third-order valence-electron chi connectivity index (χ3n) is 14.9. The van der Waals surface area contributed by atoms with Gasteiger partial charge in [0.05, 0.1) is 20.3 Å². The van der Waals surface area contributed by atoms with Crippen molar-refractivity contribution >= 4 is 11.9 Å². The highest BCUT2D eigenvalue weighted by atomic mass is 16.5. The molecule has 7 rings (SSSR count). The molecule has 0 amide bonds. The van der Waals surface area contributed by atoms with Gasteiger partial charge in [0, 0.05) is 17.6 Å². The minimum Gasteiger partial charge on any atom is -0.494 e. The number of methoxy groups -OCH3 is 1. The van der Waals surface area contributed by atoms with Gasteiger partial charge in [-0.1, -0.05) is 231 Å². The average molecular weight is 965 g/mol. The van der Waals surface area contributed by atoms with Gasteiger partial charge in [-0.05, 0) is 124 Å². The van der Waals surface area contributed by atoms with Crippen LogP contribution < -0.4 is 4.74 Å². The first-order valence-electron chi connectivity index (χ1n) is 27.5. The molecular weight excluding hydrogens is 885 g/mol. The summed E-state index contributed by atoms with van der Waals surface area (Å²) in [4.78, 5) is 22.7. The van der Waals surface area contributed by atoms with E-state index in [1.807, 2.05) is 0 Å². The normalized spacial score (nSPS) is 12.4. The molecular formula is C67H80O5. The molecule has 0 saturated heterocycles. The Hall–Kier alpha value is -6.20. The number of ether oxygens (including phenoxy) is 3. The molecule has 0 spiro atoms. The number of hydrogen-bond acceptors (Lipinski definition) is 5. The van der Waals surface area contributed by atoms with E-state index in [1.165, 1.54) is 164 Å². The Bertz CT molecular complexity index is 2600. The Kier molecular flexibility index (Phi) is 21.0. The maximum absolute atomic E-state index is 11.6. The Balaban J connectivity index is 1.02. The summed E-state index contributed by atoms with van der Waals surface area (Å²) in [6.45, 7) is 7.82. The van der Waals surface area contributed by atoms with Crippen molar-refractivity contribution in [3.63, 3.8) is 0 Å². The maximum Gasteiger partial charge on any atom is 0.331 e. The van der Waals surface area contributed by atoms with Crippen LogP contribution in [0.1, 0.15) is 159 Å². The van der Waals surface area contributed by atoms with E-state index < -0.39 is 11.9 Å². The van der Waals surface area contributed by atoms with Gasteiger partial charge in [0.2, 0.25) is 0 Å². The zero-order valence-corrected chi connectivity index (χ0v) is 44.0. The van der Waals surface area contributed by atoms with Gasteiger partial charge < -0.3 is 14.2 Å². The number of esters is 2. The highest BCUT2D eigenvalue weighted by Crippen LogP contribution is 2.56. The molecule has 0 aliphatic heterocycles. The first kappa shape index (κ1) is 53.6. The van der Waals surface area contributed by atoms with E-state index in [1.54, 1.807) is 5.56 Å². The molecule has 0 saturated carbocycles. The highest BCUT2D eigenvalue weighted by molar-refractivity contribution is 5.91. The SMILES string of the molecule is CCCCCCCCC1(CCCCCCCC)c2cc(-c3ccc(-c4ccc(C)cc4)cc3)ccc2-c2ccc(-c3ccc(-c4ccc(OCCCCCCCCOC(=O)/C=C/C(=O)OC)cc4)cc3)cc21. The quantitative estimate of drug-likeness (QED) is 0.0256. The molecule has 1 aliphatic carbocycles. The molecule has 0 bridgehead atoms.